The molecule has 0 saturated heterocycles. The molecular formula is C29H39N5O8S3. The maximum Gasteiger partial charge on any atom is 0.286 e. The highest BCUT2D eigenvalue weighted by atomic mass is 32.2. The van der Waals surface area contributed by atoms with Crippen molar-refractivity contribution in [3.05, 3.63) is 59.2 Å². The Kier molecular flexibility index (Phi) is 9.85. The van der Waals surface area contributed by atoms with E-state index in [9.17, 15) is 35.2 Å². The van der Waals surface area contributed by atoms with E-state index in [1.807, 2.05) is 32.6 Å². The number of aliphatic hydroxyl groups excluding tert-OH is 1. The number of anilines is 2. The lowest BCUT2D eigenvalue weighted by atomic mass is 9.72. The summed E-state index contributed by atoms with van der Waals surface area (Å²) >= 11 is 0. The van der Waals surface area contributed by atoms with E-state index in [-0.39, 0.29) is 52.0 Å². The molecule has 1 heterocycles. The highest BCUT2D eigenvalue weighted by molar-refractivity contribution is 7.92. The van der Waals surface area contributed by atoms with Crippen LogP contribution in [0.4, 0.5) is 11.4 Å². The molecular weight excluding hydrogens is 643 g/mol. The number of benzene rings is 2. The van der Waals surface area contributed by atoms with Gasteiger partial charge >= 0.3 is 0 Å². The lowest BCUT2D eigenvalue weighted by molar-refractivity contribution is -0.121. The first kappa shape index (κ1) is 34.6. The molecule has 2 aliphatic rings. The minimum absolute atomic E-state index is 0.0152. The molecule has 0 radical (unpaired) electrons. The van der Waals surface area contributed by atoms with Crippen LogP contribution in [0.5, 0.6) is 0 Å². The van der Waals surface area contributed by atoms with Crippen LogP contribution in [0.1, 0.15) is 51.7 Å². The van der Waals surface area contributed by atoms with Crippen molar-refractivity contribution in [2.75, 3.05) is 41.7 Å². The number of ketones is 1. The molecule has 0 saturated carbocycles. The smallest absolute Gasteiger partial charge is 0.286 e. The van der Waals surface area contributed by atoms with E-state index < -0.39 is 58.6 Å². The van der Waals surface area contributed by atoms with Crippen molar-refractivity contribution in [1.82, 2.24) is 9.62 Å². The molecule has 1 atom stereocenters. The van der Waals surface area contributed by atoms with Gasteiger partial charge in [0.15, 0.2) is 11.6 Å². The van der Waals surface area contributed by atoms with E-state index in [2.05, 4.69) is 19.2 Å². The van der Waals surface area contributed by atoms with Crippen molar-refractivity contribution in [3.63, 3.8) is 0 Å². The van der Waals surface area contributed by atoms with Crippen LogP contribution < -0.4 is 14.8 Å². The number of nitrogens with one attached hydrogen (secondary N) is 3. The topological polar surface area (TPSA) is 191 Å². The Balaban J connectivity index is 1.87. The number of hydrogen-bond acceptors (Lipinski definition) is 10. The zero-order chi connectivity index (χ0) is 33.4. The molecule has 16 heteroatoms. The first-order valence-electron chi connectivity index (χ1n) is 14.5. The van der Waals surface area contributed by atoms with Gasteiger partial charge in [-0.15, -0.1) is 4.40 Å². The summed E-state index contributed by atoms with van der Waals surface area (Å²) < 4.78 is 86.1. The van der Waals surface area contributed by atoms with Gasteiger partial charge in [-0.25, -0.2) is 16.8 Å². The second-order valence-electron chi connectivity index (χ2n) is 11.5. The number of carbonyl (C=O) groups is 1. The number of nitrogens with zero attached hydrogens (tertiary/aromatic N) is 2. The maximum atomic E-state index is 14.6. The summed E-state index contributed by atoms with van der Waals surface area (Å²) in [5, 5.41) is 14.3. The zero-order valence-corrected chi connectivity index (χ0v) is 28.2. The van der Waals surface area contributed by atoms with E-state index in [4.69, 9.17) is 0 Å². The molecule has 246 valence electrons. The molecule has 2 aromatic carbocycles. The fourth-order valence-electron chi connectivity index (χ4n) is 5.42. The Bertz CT molecular complexity index is 1880. The number of hydrogen-bond donors (Lipinski definition) is 4. The van der Waals surface area contributed by atoms with Gasteiger partial charge in [0.2, 0.25) is 20.0 Å². The van der Waals surface area contributed by atoms with Crippen LogP contribution in [-0.4, -0.2) is 78.5 Å². The number of fused-ring (bicyclic) bond motifs is 2. The summed E-state index contributed by atoms with van der Waals surface area (Å²) in [6.07, 6.45) is 1.36. The Morgan fingerprint density at radius 2 is 1.73 bits per heavy atom. The second kappa shape index (κ2) is 12.8. The van der Waals surface area contributed by atoms with Crippen molar-refractivity contribution in [2.45, 2.75) is 51.0 Å². The molecule has 2 aromatic rings. The molecule has 0 aromatic heterocycles. The molecule has 0 amide bonds. The third-order valence-corrected chi connectivity index (χ3v) is 11.1. The molecule has 13 nitrogen and oxygen atoms in total. The van der Waals surface area contributed by atoms with Gasteiger partial charge in [-0.3, -0.25) is 9.52 Å². The Labute approximate surface area is 265 Å². The summed E-state index contributed by atoms with van der Waals surface area (Å²) in [6.45, 7) is 9.20. The van der Waals surface area contributed by atoms with Crippen molar-refractivity contribution in [2.24, 2.45) is 10.3 Å². The van der Waals surface area contributed by atoms with E-state index in [1.54, 1.807) is 18.2 Å². The summed E-state index contributed by atoms with van der Waals surface area (Å²) in [5.74, 6) is -2.12. The predicted octanol–water partition coefficient (Wildman–Crippen LogP) is 3.02. The third kappa shape index (κ3) is 7.41. The van der Waals surface area contributed by atoms with E-state index >= 15 is 0 Å². The van der Waals surface area contributed by atoms with Gasteiger partial charge in [0.05, 0.1) is 17.7 Å². The number of amidine groups is 1. The van der Waals surface area contributed by atoms with Gasteiger partial charge in [0.25, 0.3) is 10.0 Å². The number of rotatable bonds is 13. The molecule has 4 N–H and O–H groups in total. The predicted molar refractivity (Wildman–Crippen MR) is 175 cm³/mol. The van der Waals surface area contributed by atoms with Gasteiger partial charge in [-0.05, 0) is 55.6 Å². The van der Waals surface area contributed by atoms with E-state index in [0.29, 0.717) is 19.5 Å². The molecule has 0 bridgehead atoms. The van der Waals surface area contributed by atoms with Crippen LogP contribution in [0.2, 0.25) is 0 Å². The Hall–Kier alpha value is -3.31. The summed E-state index contributed by atoms with van der Waals surface area (Å²) in [5.41, 5.74) is -1.99. The fourth-order valence-corrected chi connectivity index (χ4v) is 8.56. The first-order chi connectivity index (χ1) is 20.9. The third-order valence-electron chi connectivity index (χ3n) is 7.75. The highest BCUT2D eigenvalue weighted by Gasteiger charge is 2.51. The van der Waals surface area contributed by atoms with E-state index in [1.165, 1.54) is 18.2 Å². The quantitative estimate of drug-likeness (QED) is 0.244. The maximum absolute atomic E-state index is 14.6. The van der Waals surface area contributed by atoms with Crippen molar-refractivity contribution in [3.8, 4) is 0 Å². The Morgan fingerprint density at radius 3 is 2.36 bits per heavy atom. The molecule has 0 fully saturated rings. The van der Waals surface area contributed by atoms with Crippen molar-refractivity contribution >= 4 is 58.8 Å². The average molecular weight is 682 g/mol. The van der Waals surface area contributed by atoms with Gasteiger partial charge in [0, 0.05) is 17.8 Å². The van der Waals surface area contributed by atoms with E-state index in [0.717, 1.165) is 12.3 Å². The first-order valence-corrected chi connectivity index (χ1v) is 19.5. The largest absolute Gasteiger partial charge is 0.506 e. The summed E-state index contributed by atoms with van der Waals surface area (Å²) in [7, 11) is -12.3. The monoisotopic (exact) mass is 681 g/mol. The van der Waals surface area contributed by atoms with Crippen LogP contribution in [-0.2, 0) is 40.4 Å². The molecule has 1 aliphatic carbocycles. The van der Waals surface area contributed by atoms with Gasteiger partial charge in [-0.2, -0.15) is 13.1 Å². The SMILES string of the molecule is CCN(CC)CCS(=O)(=O)NC1(CCC(C)C)C(=O)C(C2=NS(=O)(=O)c3cc(NS(C)(=O)=O)ccc3N2)=C(O)c2ccccc21. The minimum atomic E-state index is -4.52. The number of Topliss-reactive ketones (excluding diaryl/α,β-unsaturated/α-hetero) is 1. The van der Waals surface area contributed by atoms with Crippen LogP contribution in [0.15, 0.2) is 57.3 Å². The lowest BCUT2D eigenvalue weighted by Crippen LogP contribution is -2.56. The lowest BCUT2D eigenvalue weighted by Gasteiger charge is -2.39. The molecule has 1 aliphatic heterocycles. The van der Waals surface area contributed by atoms with Gasteiger partial charge in [0.1, 0.15) is 21.8 Å². The van der Waals surface area contributed by atoms with Crippen LogP contribution in [0.3, 0.4) is 0 Å². The zero-order valence-electron chi connectivity index (χ0n) is 25.8. The normalized spacial score (nSPS) is 19.6. The molecule has 4 rings (SSSR count). The van der Waals surface area contributed by atoms with Crippen LogP contribution >= 0.6 is 0 Å². The average Bonchev–Trinajstić information content (AvgIpc) is 2.94. The van der Waals surface area contributed by atoms with Gasteiger partial charge < -0.3 is 15.3 Å². The Morgan fingerprint density at radius 1 is 1.07 bits per heavy atom. The number of carbonyl (C=O) groups excluding carboxylic acids is 1. The number of sulfonamides is 3. The molecule has 45 heavy (non-hydrogen) atoms. The van der Waals surface area contributed by atoms with Crippen LogP contribution in [0, 0.1) is 5.92 Å². The highest BCUT2D eigenvalue weighted by Crippen LogP contribution is 2.43. The van der Waals surface area contributed by atoms with Gasteiger partial charge in [-0.1, -0.05) is 52.0 Å². The number of aliphatic hydroxyl groups is 1. The van der Waals surface area contributed by atoms with Crippen molar-refractivity contribution in [1.29, 1.82) is 0 Å². The second-order valence-corrected chi connectivity index (χ2v) is 16.7. The van der Waals surface area contributed by atoms with Crippen molar-refractivity contribution < 1.29 is 35.2 Å². The molecule has 0 spiro atoms. The molecule has 1 unspecified atom stereocenters. The van der Waals surface area contributed by atoms with Crippen LogP contribution in [0.25, 0.3) is 5.76 Å². The minimum Gasteiger partial charge on any atom is -0.506 e. The summed E-state index contributed by atoms with van der Waals surface area (Å²) in [6, 6.07) is 10.1. The fraction of sp³-hybridized carbons (Fsp3) is 0.448. The standard InChI is InChI=1S/C29H39N5O8S3/c1-6-34(7-2)16-17-44(39,40)33-29(15-14-19(3)4)22-11-9-8-10-21(22)26(35)25(27(29)36)28-30-23-13-12-20(31-43(5,37)38)18-24(23)45(41,42)32-28/h8-13,18-19,31,33,35H,6-7,14-17H2,1-5H3,(H,30,32). The summed E-state index contributed by atoms with van der Waals surface area (Å²) in [4.78, 5) is 16.2.